The minimum absolute atomic E-state index is 0.234. The number of H-pyrrole nitrogens is 1. The molecule has 4 aromatic rings. The Morgan fingerprint density at radius 1 is 1.10 bits per heavy atom. The van der Waals surface area contributed by atoms with Gasteiger partial charge in [-0.1, -0.05) is 42.5 Å². The Kier molecular flexibility index (Phi) is 5.07. The molecule has 0 saturated carbocycles. The van der Waals surface area contributed by atoms with Crippen molar-refractivity contribution in [2.75, 3.05) is 12.4 Å². The molecule has 8 heteroatoms. The first-order chi connectivity index (χ1) is 14.1. The van der Waals surface area contributed by atoms with Gasteiger partial charge in [-0.2, -0.15) is 9.50 Å². The number of fused-ring (bicyclic) bond motifs is 1. The molecule has 2 aromatic carbocycles. The fourth-order valence-corrected chi connectivity index (χ4v) is 3.05. The lowest BCUT2D eigenvalue weighted by Gasteiger charge is -2.09. The second-order valence-electron chi connectivity index (χ2n) is 6.42. The van der Waals surface area contributed by atoms with Crippen LogP contribution in [0.3, 0.4) is 0 Å². The molecule has 0 unspecified atom stereocenters. The van der Waals surface area contributed by atoms with E-state index in [1.807, 2.05) is 30.3 Å². The van der Waals surface area contributed by atoms with Crippen LogP contribution in [0, 0.1) is 0 Å². The lowest BCUT2D eigenvalue weighted by molar-refractivity contribution is 0.102. The number of benzene rings is 2. The Bertz CT molecular complexity index is 1210. The highest BCUT2D eigenvalue weighted by atomic mass is 16.5. The van der Waals surface area contributed by atoms with Crippen LogP contribution in [0.5, 0.6) is 5.75 Å². The van der Waals surface area contributed by atoms with E-state index in [2.05, 4.69) is 20.4 Å². The Morgan fingerprint density at radius 2 is 1.86 bits per heavy atom. The van der Waals surface area contributed by atoms with Crippen molar-refractivity contribution in [1.82, 2.24) is 19.6 Å². The van der Waals surface area contributed by atoms with Gasteiger partial charge in [0, 0.05) is 12.5 Å². The van der Waals surface area contributed by atoms with E-state index >= 15 is 0 Å². The molecule has 0 bridgehead atoms. The van der Waals surface area contributed by atoms with Crippen molar-refractivity contribution in [3.8, 4) is 5.75 Å². The van der Waals surface area contributed by atoms with Crippen molar-refractivity contribution in [1.29, 1.82) is 0 Å². The van der Waals surface area contributed by atoms with E-state index in [0.29, 0.717) is 23.6 Å². The van der Waals surface area contributed by atoms with Crippen molar-refractivity contribution < 1.29 is 9.53 Å². The standard InChI is InChI=1S/C21H19N5O3/c1-29-16-10-6-5-9-15(16)20(28)23-18-13-19(27)24-21-22-17(25-26(18)21)12-11-14-7-3-2-4-8-14/h2-10,13H,11-12H2,1H3,(H,23,28)(H,22,24,25,27). The predicted octanol–water partition coefficient (Wildman–Crippen LogP) is 2.46. The summed E-state index contributed by atoms with van der Waals surface area (Å²) in [6.07, 6.45) is 1.37. The second kappa shape index (κ2) is 7.97. The van der Waals surface area contributed by atoms with Gasteiger partial charge in [-0.3, -0.25) is 14.6 Å². The summed E-state index contributed by atoms with van der Waals surface area (Å²) >= 11 is 0. The average Bonchev–Trinajstić information content (AvgIpc) is 3.16. The van der Waals surface area contributed by atoms with Crippen molar-refractivity contribution in [3.63, 3.8) is 0 Å². The summed E-state index contributed by atoms with van der Waals surface area (Å²) in [6, 6.07) is 18.1. The van der Waals surface area contributed by atoms with Crippen molar-refractivity contribution in [2.45, 2.75) is 12.8 Å². The van der Waals surface area contributed by atoms with Crippen LogP contribution in [0.25, 0.3) is 5.78 Å². The van der Waals surface area contributed by atoms with Crippen molar-refractivity contribution >= 4 is 17.5 Å². The Balaban J connectivity index is 1.61. The number of para-hydroxylation sites is 1. The van der Waals surface area contributed by atoms with Gasteiger partial charge in [0.15, 0.2) is 5.82 Å². The molecule has 0 fully saturated rings. The van der Waals surface area contributed by atoms with E-state index in [1.54, 1.807) is 24.3 Å². The topological polar surface area (TPSA) is 101 Å². The van der Waals surface area contributed by atoms with E-state index in [9.17, 15) is 9.59 Å². The number of nitrogens with one attached hydrogen (secondary N) is 2. The molecule has 1 amide bonds. The van der Waals surface area contributed by atoms with E-state index in [1.165, 1.54) is 23.3 Å². The molecule has 4 rings (SSSR count). The first-order valence-corrected chi connectivity index (χ1v) is 9.11. The van der Waals surface area contributed by atoms with Crippen LogP contribution in [0.15, 0.2) is 65.5 Å². The molecule has 2 N–H and O–H groups in total. The number of amides is 1. The summed E-state index contributed by atoms with van der Waals surface area (Å²) in [5.41, 5.74) is 1.15. The van der Waals surface area contributed by atoms with Gasteiger partial charge < -0.3 is 10.1 Å². The van der Waals surface area contributed by atoms with Gasteiger partial charge in [0.1, 0.15) is 11.6 Å². The number of carbonyl (C=O) groups is 1. The number of anilines is 1. The zero-order valence-corrected chi connectivity index (χ0v) is 15.8. The van der Waals surface area contributed by atoms with Gasteiger partial charge in [-0.25, -0.2) is 0 Å². The van der Waals surface area contributed by atoms with Gasteiger partial charge in [0.2, 0.25) is 5.78 Å². The number of rotatable bonds is 6. The molecule has 8 nitrogen and oxygen atoms in total. The van der Waals surface area contributed by atoms with E-state index in [-0.39, 0.29) is 17.2 Å². The van der Waals surface area contributed by atoms with Crippen LogP contribution in [0.4, 0.5) is 5.82 Å². The number of hydrogen-bond donors (Lipinski definition) is 2. The van der Waals surface area contributed by atoms with Crippen LogP contribution in [0.1, 0.15) is 21.7 Å². The number of carbonyl (C=O) groups excluding carboxylic acids is 1. The Hall–Kier alpha value is -3.94. The maximum atomic E-state index is 12.7. The second-order valence-corrected chi connectivity index (χ2v) is 6.42. The van der Waals surface area contributed by atoms with Crippen LogP contribution >= 0.6 is 0 Å². The minimum Gasteiger partial charge on any atom is -0.496 e. The third kappa shape index (κ3) is 4.01. The lowest BCUT2D eigenvalue weighted by atomic mass is 10.1. The fraction of sp³-hybridized carbons (Fsp3) is 0.143. The van der Waals surface area contributed by atoms with Gasteiger partial charge >= 0.3 is 0 Å². The van der Waals surface area contributed by atoms with Crippen molar-refractivity contribution in [2.24, 2.45) is 0 Å². The zero-order valence-electron chi connectivity index (χ0n) is 15.8. The highest BCUT2D eigenvalue weighted by molar-refractivity contribution is 6.05. The molecule has 2 aromatic heterocycles. The normalized spacial score (nSPS) is 10.8. The Morgan fingerprint density at radius 3 is 2.66 bits per heavy atom. The van der Waals surface area contributed by atoms with Crippen LogP contribution in [0.2, 0.25) is 0 Å². The Labute approximate surface area is 166 Å². The molecule has 0 atom stereocenters. The fourth-order valence-electron chi connectivity index (χ4n) is 3.05. The number of nitrogens with zero attached hydrogens (tertiary/aromatic N) is 3. The highest BCUT2D eigenvalue weighted by Crippen LogP contribution is 2.19. The molecular formula is C21H19N5O3. The molecule has 0 aliphatic carbocycles. The molecule has 29 heavy (non-hydrogen) atoms. The van der Waals surface area contributed by atoms with Gasteiger partial charge in [0.25, 0.3) is 11.5 Å². The van der Waals surface area contributed by atoms with Gasteiger partial charge in [-0.05, 0) is 24.1 Å². The molecule has 146 valence electrons. The molecule has 0 radical (unpaired) electrons. The van der Waals surface area contributed by atoms with Gasteiger partial charge in [0.05, 0.1) is 12.7 Å². The summed E-state index contributed by atoms with van der Waals surface area (Å²) < 4.78 is 6.66. The predicted molar refractivity (Wildman–Crippen MR) is 108 cm³/mol. The van der Waals surface area contributed by atoms with E-state index in [0.717, 1.165) is 6.42 Å². The zero-order chi connectivity index (χ0) is 20.2. The molecular weight excluding hydrogens is 370 g/mol. The summed E-state index contributed by atoms with van der Waals surface area (Å²) in [5.74, 6) is 1.11. The smallest absolute Gasteiger partial charge is 0.260 e. The third-order valence-electron chi connectivity index (χ3n) is 4.46. The highest BCUT2D eigenvalue weighted by Gasteiger charge is 2.15. The van der Waals surface area contributed by atoms with E-state index < -0.39 is 5.91 Å². The maximum absolute atomic E-state index is 12.7. The monoisotopic (exact) mass is 389 g/mol. The number of aromatic amines is 1. The number of methoxy groups -OCH3 is 1. The summed E-state index contributed by atoms with van der Waals surface area (Å²) in [5, 5.41) is 7.17. The average molecular weight is 389 g/mol. The number of hydrogen-bond acceptors (Lipinski definition) is 5. The first-order valence-electron chi connectivity index (χ1n) is 9.11. The van der Waals surface area contributed by atoms with Crippen LogP contribution in [-0.2, 0) is 12.8 Å². The number of aromatic nitrogens is 4. The largest absolute Gasteiger partial charge is 0.496 e. The molecule has 0 spiro atoms. The molecule has 0 aliphatic heterocycles. The third-order valence-corrected chi connectivity index (χ3v) is 4.46. The lowest BCUT2D eigenvalue weighted by Crippen LogP contribution is -2.19. The molecule has 2 heterocycles. The van der Waals surface area contributed by atoms with E-state index in [4.69, 9.17) is 4.74 Å². The number of ether oxygens (including phenoxy) is 1. The quantitative estimate of drug-likeness (QED) is 0.528. The van der Waals surface area contributed by atoms with Gasteiger partial charge in [-0.15, -0.1) is 5.10 Å². The molecule has 0 aliphatic rings. The SMILES string of the molecule is COc1ccccc1C(=O)Nc1cc(=O)[nH]c2nc(CCc3ccccc3)nn12. The number of aryl methyl sites for hydroxylation is 2. The van der Waals surface area contributed by atoms with Crippen LogP contribution in [-0.4, -0.2) is 32.6 Å². The van der Waals surface area contributed by atoms with Crippen LogP contribution < -0.4 is 15.6 Å². The minimum atomic E-state index is -0.407. The molecule has 0 saturated heterocycles. The first kappa shape index (κ1) is 18.4. The van der Waals surface area contributed by atoms with Crippen molar-refractivity contribution in [3.05, 3.63) is 88.0 Å². The summed E-state index contributed by atoms with van der Waals surface area (Å²) in [6.45, 7) is 0. The summed E-state index contributed by atoms with van der Waals surface area (Å²) in [7, 11) is 1.49. The summed E-state index contributed by atoms with van der Waals surface area (Å²) in [4.78, 5) is 31.7. The maximum Gasteiger partial charge on any atom is 0.260 e.